The largest absolute Gasteiger partial charge is 0.480 e. The second-order valence-electron chi connectivity index (χ2n) is 3.36. The van der Waals surface area contributed by atoms with Crippen molar-refractivity contribution in [3.05, 3.63) is 45.2 Å². The number of fused-ring (bicyclic) bond motifs is 1. The molecule has 0 spiro atoms. The van der Waals surface area contributed by atoms with E-state index in [-0.39, 0.29) is 12.0 Å². The molecule has 4 nitrogen and oxygen atoms in total. The summed E-state index contributed by atoms with van der Waals surface area (Å²) in [5, 5.41) is 9.27. The van der Waals surface area contributed by atoms with Crippen molar-refractivity contribution < 1.29 is 9.90 Å². The lowest BCUT2D eigenvalue weighted by Crippen LogP contribution is -2.13. The second kappa shape index (κ2) is 4.09. The van der Waals surface area contributed by atoms with Gasteiger partial charge >= 0.3 is 5.97 Å². The molecule has 1 N–H and O–H groups in total. The van der Waals surface area contributed by atoms with Gasteiger partial charge in [-0.15, -0.1) is 0 Å². The zero-order valence-corrected chi connectivity index (χ0v) is 9.77. The number of benzene rings is 1. The molecule has 0 aliphatic carbocycles. The molecule has 5 heteroatoms. The summed E-state index contributed by atoms with van der Waals surface area (Å²) in [5.74, 6) is -0.940. The Morgan fingerprint density at radius 3 is 2.81 bits per heavy atom. The molecule has 0 saturated heterocycles. The van der Waals surface area contributed by atoms with Crippen LogP contribution in [0.2, 0.25) is 0 Å². The molecule has 0 saturated carbocycles. The standard InChI is InChI=1S/C11H8BrNO3/c12-7-1-2-8-9(5-7)13(6-11(15)16)4-3-10(8)14/h1-5H,6H2,(H,15,16). The smallest absolute Gasteiger partial charge is 0.323 e. The summed E-state index contributed by atoms with van der Waals surface area (Å²) in [5.41, 5.74) is 0.508. The van der Waals surface area contributed by atoms with Gasteiger partial charge in [-0.05, 0) is 18.2 Å². The summed E-state index contributed by atoms with van der Waals surface area (Å²) in [7, 11) is 0. The molecule has 0 radical (unpaired) electrons. The maximum atomic E-state index is 11.6. The van der Waals surface area contributed by atoms with Crippen LogP contribution in [0.5, 0.6) is 0 Å². The Labute approximate surface area is 99.3 Å². The Morgan fingerprint density at radius 2 is 2.12 bits per heavy atom. The van der Waals surface area contributed by atoms with Crippen molar-refractivity contribution in [1.29, 1.82) is 0 Å². The molecule has 0 aliphatic heterocycles. The van der Waals surface area contributed by atoms with E-state index in [1.165, 1.54) is 16.8 Å². The molecule has 82 valence electrons. The summed E-state index contributed by atoms with van der Waals surface area (Å²) in [6.07, 6.45) is 1.49. The fraction of sp³-hybridized carbons (Fsp3) is 0.0909. The highest BCUT2D eigenvalue weighted by molar-refractivity contribution is 9.10. The third-order valence-electron chi connectivity index (χ3n) is 2.25. The summed E-state index contributed by atoms with van der Waals surface area (Å²) in [6, 6.07) is 6.55. The molecule has 0 fully saturated rings. The number of nitrogens with zero attached hydrogens (tertiary/aromatic N) is 1. The van der Waals surface area contributed by atoms with Crippen LogP contribution in [-0.4, -0.2) is 15.6 Å². The summed E-state index contributed by atoms with van der Waals surface area (Å²) >= 11 is 3.29. The maximum Gasteiger partial charge on any atom is 0.323 e. The normalized spacial score (nSPS) is 10.6. The van der Waals surface area contributed by atoms with Gasteiger partial charge in [0, 0.05) is 22.1 Å². The minimum Gasteiger partial charge on any atom is -0.480 e. The van der Waals surface area contributed by atoms with Gasteiger partial charge in [-0.3, -0.25) is 9.59 Å². The van der Waals surface area contributed by atoms with Gasteiger partial charge in [-0.25, -0.2) is 0 Å². The summed E-state index contributed by atoms with van der Waals surface area (Å²) < 4.78 is 2.34. The van der Waals surface area contributed by atoms with Gasteiger partial charge in [-0.2, -0.15) is 0 Å². The first-order chi connectivity index (χ1) is 7.58. The van der Waals surface area contributed by atoms with Crippen molar-refractivity contribution in [3.8, 4) is 0 Å². The van der Waals surface area contributed by atoms with Crippen molar-refractivity contribution >= 4 is 32.8 Å². The molecule has 0 aliphatic rings. The molecule has 1 heterocycles. The minimum absolute atomic E-state index is 0.107. The van der Waals surface area contributed by atoms with Crippen LogP contribution in [0.25, 0.3) is 10.9 Å². The van der Waals surface area contributed by atoms with E-state index in [9.17, 15) is 9.59 Å². The van der Waals surface area contributed by atoms with Crippen molar-refractivity contribution in [3.63, 3.8) is 0 Å². The van der Waals surface area contributed by atoms with E-state index in [0.717, 1.165) is 4.47 Å². The van der Waals surface area contributed by atoms with Crippen LogP contribution >= 0.6 is 15.9 Å². The number of carboxylic acid groups (broad SMARTS) is 1. The molecule has 0 atom stereocenters. The van der Waals surface area contributed by atoms with Crippen LogP contribution in [0.1, 0.15) is 0 Å². The number of hydrogen-bond donors (Lipinski definition) is 1. The number of pyridine rings is 1. The van der Waals surface area contributed by atoms with Crippen LogP contribution in [0.15, 0.2) is 39.7 Å². The number of carboxylic acids is 1. The lowest BCUT2D eigenvalue weighted by Gasteiger charge is -2.07. The van der Waals surface area contributed by atoms with Crippen LogP contribution in [0, 0.1) is 0 Å². The van der Waals surface area contributed by atoms with Crippen molar-refractivity contribution in [1.82, 2.24) is 4.57 Å². The Balaban J connectivity index is 2.75. The van der Waals surface area contributed by atoms with E-state index >= 15 is 0 Å². The first-order valence-corrected chi connectivity index (χ1v) is 5.38. The first-order valence-electron chi connectivity index (χ1n) is 4.58. The zero-order chi connectivity index (χ0) is 11.7. The van der Waals surface area contributed by atoms with E-state index < -0.39 is 5.97 Å². The number of hydrogen-bond acceptors (Lipinski definition) is 2. The Hall–Kier alpha value is -1.62. The first kappa shape index (κ1) is 10.9. The molecule has 0 unspecified atom stereocenters. The average molecular weight is 282 g/mol. The Bertz CT molecular complexity index is 618. The molecule has 0 bridgehead atoms. The van der Waals surface area contributed by atoms with Gasteiger partial charge in [0.2, 0.25) is 0 Å². The minimum atomic E-state index is -0.940. The number of aliphatic carboxylic acids is 1. The molecule has 1 aromatic heterocycles. The average Bonchev–Trinajstić information content (AvgIpc) is 2.22. The highest BCUT2D eigenvalue weighted by atomic mass is 79.9. The molecule has 2 rings (SSSR count). The van der Waals surface area contributed by atoms with Gasteiger partial charge in [-0.1, -0.05) is 15.9 Å². The topological polar surface area (TPSA) is 59.3 Å². The fourth-order valence-corrected chi connectivity index (χ4v) is 1.91. The number of rotatable bonds is 2. The highest BCUT2D eigenvalue weighted by Gasteiger charge is 2.05. The van der Waals surface area contributed by atoms with Crippen LogP contribution in [-0.2, 0) is 11.3 Å². The zero-order valence-electron chi connectivity index (χ0n) is 8.18. The summed E-state index contributed by atoms with van der Waals surface area (Å²) in [6.45, 7) is -0.159. The van der Waals surface area contributed by atoms with Crippen molar-refractivity contribution in [2.75, 3.05) is 0 Å². The van der Waals surface area contributed by atoms with Crippen LogP contribution < -0.4 is 5.43 Å². The molecular formula is C11H8BrNO3. The lowest BCUT2D eigenvalue weighted by atomic mass is 10.2. The second-order valence-corrected chi connectivity index (χ2v) is 4.28. The number of halogens is 1. The monoisotopic (exact) mass is 281 g/mol. The molecule has 1 aromatic carbocycles. The lowest BCUT2D eigenvalue weighted by molar-refractivity contribution is -0.137. The molecule has 2 aromatic rings. The predicted octanol–water partition coefficient (Wildman–Crippen LogP) is 1.85. The Kier molecular flexibility index (Phi) is 2.78. The summed E-state index contributed by atoms with van der Waals surface area (Å²) in [4.78, 5) is 22.2. The predicted molar refractivity (Wildman–Crippen MR) is 63.5 cm³/mol. The quantitative estimate of drug-likeness (QED) is 0.914. The van der Waals surface area contributed by atoms with Gasteiger partial charge in [0.05, 0.1) is 5.52 Å². The molecule has 0 amide bonds. The maximum absolute atomic E-state index is 11.6. The van der Waals surface area contributed by atoms with Gasteiger partial charge in [0.25, 0.3) is 0 Å². The number of aromatic nitrogens is 1. The number of carbonyl (C=O) groups is 1. The Morgan fingerprint density at radius 1 is 1.38 bits per heavy atom. The van der Waals surface area contributed by atoms with E-state index in [4.69, 9.17) is 5.11 Å². The van der Waals surface area contributed by atoms with Crippen LogP contribution in [0.3, 0.4) is 0 Å². The van der Waals surface area contributed by atoms with E-state index in [1.807, 2.05) is 0 Å². The third-order valence-corrected chi connectivity index (χ3v) is 2.74. The molecular weight excluding hydrogens is 274 g/mol. The van der Waals surface area contributed by atoms with E-state index in [1.54, 1.807) is 18.2 Å². The van der Waals surface area contributed by atoms with Crippen molar-refractivity contribution in [2.45, 2.75) is 6.54 Å². The van der Waals surface area contributed by atoms with Crippen molar-refractivity contribution in [2.24, 2.45) is 0 Å². The third kappa shape index (κ3) is 1.99. The van der Waals surface area contributed by atoms with Crippen LogP contribution in [0.4, 0.5) is 0 Å². The van der Waals surface area contributed by atoms with E-state index in [2.05, 4.69) is 15.9 Å². The van der Waals surface area contributed by atoms with Gasteiger partial charge in [0.1, 0.15) is 6.54 Å². The molecule has 16 heavy (non-hydrogen) atoms. The van der Waals surface area contributed by atoms with Gasteiger partial charge < -0.3 is 9.67 Å². The SMILES string of the molecule is O=C(O)Cn1ccc(=O)c2ccc(Br)cc21. The highest BCUT2D eigenvalue weighted by Crippen LogP contribution is 2.17. The van der Waals surface area contributed by atoms with Gasteiger partial charge in [0.15, 0.2) is 5.43 Å². The fourth-order valence-electron chi connectivity index (χ4n) is 1.56. The van der Waals surface area contributed by atoms with E-state index in [0.29, 0.717) is 10.9 Å².